The Morgan fingerprint density at radius 2 is 0.635 bits per heavy atom. The van der Waals surface area contributed by atoms with E-state index in [1.165, 1.54) is 263 Å². The van der Waals surface area contributed by atoms with E-state index in [0.29, 0.717) is 17.4 Å². The van der Waals surface area contributed by atoms with Crippen LogP contribution in [-0.4, -0.2) is 87.4 Å². The molecule has 9 heteroatoms. The van der Waals surface area contributed by atoms with Crippen molar-refractivity contribution in [1.82, 2.24) is 0 Å². The zero-order valence-corrected chi connectivity index (χ0v) is 56.8. The molecule has 0 aromatic heterocycles. The van der Waals surface area contributed by atoms with Gasteiger partial charge in [-0.15, -0.1) is 0 Å². The number of hydrogen-bond acceptors (Lipinski definition) is 7. The molecular weight excluding hydrogens is 1050 g/mol. The Bertz CT molecular complexity index is 1580. The van der Waals surface area contributed by atoms with Gasteiger partial charge in [-0.3, -0.25) is 9.59 Å². The Labute approximate surface area is 526 Å². The van der Waals surface area contributed by atoms with E-state index in [1.54, 1.807) is 0 Å². The number of aliphatic carboxylic acids is 1. The summed E-state index contributed by atoms with van der Waals surface area (Å²) in [7, 11) is 5.99. The van der Waals surface area contributed by atoms with Crippen molar-refractivity contribution in [2.75, 3.05) is 47.5 Å². The van der Waals surface area contributed by atoms with Gasteiger partial charge in [0.05, 0.1) is 34.4 Å². The molecule has 0 amide bonds. The molecule has 0 aliphatic rings. The van der Waals surface area contributed by atoms with Gasteiger partial charge in [-0.05, 0) is 83.5 Å². The minimum Gasteiger partial charge on any atom is -0.477 e. The smallest absolute Gasteiger partial charge is 0.361 e. The van der Waals surface area contributed by atoms with Crippen LogP contribution in [0.25, 0.3) is 0 Å². The molecule has 0 aromatic carbocycles. The third kappa shape index (κ3) is 68.3. The standard InChI is InChI=1S/C76H139NO8/c1-6-8-10-12-14-16-18-20-22-24-26-28-30-32-34-35-36-37-38-39-41-42-44-46-48-50-52-54-56-58-60-62-64-66-73(78)83-70-72(71-84-76(75(80)81)82-69-68-77(3,4)5)85-74(79)67-65-63-61-59-57-55-53-51-49-47-45-43-40-33-31-29-27-25-23-21-19-17-15-13-11-9-7-2/h18-21,24-27,31,33,72,76H,6-17,22-23,28-30,32,34-71H2,1-5H3/p+1/b20-18-,21-19-,26-24-,27-25-,33-31-. The van der Waals surface area contributed by atoms with Crippen molar-refractivity contribution in [1.29, 1.82) is 0 Å². The lowest BCUT2D eigenvalue weighted by atomic mass is 10.0. The summed E-state index contributed by atoms with van der Waals surface area (Å²) in [5.74, 6) is -1.99. The van der Waals surface area contributed by atoms with Crippen LogP contribution in [-0.2, 0) is 33.3 Å². The Kier molecular flexibility index (Phi) is 64.6. The minimum absolute atomic E-state index is 0.180. The van der Waals surface area contributed by atoms with Gasteiger partial charge in [0.15, 0.2) is 6.10 Å². The summed E-state index contributed by atoms with van der Waals surface area (Å²) in [4.78, 5) is 37.6. The number of carbonyl (C=O) groups excluding carboxylic acids is 2. The van der Waals surface area contributed by atoms with Crippen molar-refractivity contribution in [2.24, 2.45) is 0 Å². The van der Waals surface area contributed by atoms with Crippen LogP contribution in [0.15, 0.2) is 60.8 Å². The summed E-state index contributed by atoms with van der Waals surface area (Å²) >= 11 is 0. The maximum Gasteiger partial charge on any atom is 0.361 e. The first kappa shape index (κ1) is 82.0. The molecule has 9 nitrogen and oxygen atoms in total. The van der Waals surface area contributed by atoms with Gasteiger partial charge in [0.25, 0.3) is 6.29 Å². The number of carboxylic acids is 1. The molecule has 0 radical (unpaired) electrons. The second-order valence-corrected chi connectivity index (χ2v) is 25.9. The number of likely N-dealkylation sites (N-methyl/N-ethyl adjacent to an activating group) is 1. The van der Waals surface area contributed by atoms with Crippen LogP contribution in [0, 0.1) is 0 Å². The van der Waals surface area contributed by atoms with E-state index in [2.05, 4.69) is 74.6 Å². The van der Waals surface area contributed by atoms with Crippen LogP contribution >= 0.6 is 0 Å². The minimum atomic E-state index is -1.51. The van der Waals surface area contributed by atoms with E-state index in [9.17, 15) is 19.5 Å². The lowest BCUT2D eigenvalue weighted by Gasteiger charge is -2.25. The highest BCUT2D eigenvalue weighted by Crippen LogP contribution is 2.18. The third-order valence-electron chi connectivity index (χ3n) is 16.2. The van der Waals surface area contributed by atoms with Crippen molar-refractivity contribution in [3.8, 4) is 0 Å². The average molecular weight is 1200 g/mol. The molecule has 0 fully saturated rings. The number of carboxylic acid groups (broad SMARTS) is 1. The topological polar surface area (TPSA) is 108 Å². The summed E-state index contributed by atoms with van der Waals surface area (Å²) in [6.07, 6.45) is 84.8. The zero-order chi connectivity index (χ0) is 61.9. The van der Waals surface area contributed by atoms with Gasteiger partial charge in [0, 0.05) is 12.8 Å². The van der Waals surface area contributed by atoms with E-state index in [0.717, 1.165) is 57.8 Å². The number of unbranched alkanes of at least 4 members (excludes halogenated alkanes) is 43. The Hall–Kier alpha value is -3.01. The molecule has 0 aliphatic heterocycles. The van der Waals surface area contributed by atoms with Crippen LogP contribution in [0.4, 0.5) is 0 Å². The van der Waals surface area contributed by atoms with Crippen LogP contribution in [0.5, 0.6) is 0 Å². The van der Waals surface area contributed by atoms with E-state index in [-0.39, 0.29) is 32.2 Å². The molecule has 0 bridgehead atoms. The molecule has 1 N–H and O–H groups in total. The summed E-state index contributed by atoms with van der Waals surface area (Å²) < 4.78 is 23.0. The number of ether oxygens (including phenoxy) is 4. The molecule has 0 heterocycles. The molecule has 0 saturated carbocycles. The molecule has 0 aliphatic carbocycles. The van der Waals surface area contributed by atoms with E-state index >= 15 is 0 Å². The molecule has 496 valence electrons. The first-order valence-corrected chi connectivity index (χ1v) is 36.5. The Morgan fingerprint density at radius 1 is 0.353 bits per heavy atom. The lowest BCUT2D eigenvalue weighted by molar-refractivity contribution is -0.870. The Morgan fingerprint density at radius 3 is 0.941 bits per heavy atom. The van der Waals surface area contributed by atoms with Crippen LogP contribution in [0.3, 0.4) is 0 Å². The van der Waals surface area contributed by atoms with Crippen LogP contribution in [0.1, 0.15) is 348 Å². The van der Waals surface area contributed by atoms with E-state index in [4.69, 9.17) is 18.9 Å². The van der Waals surface area contributed by atoms with Crippen LogP contribution < -0.4 is 0 Å². The summed E-state index contributed by atoms with van der Waals surface area (Å²) in [5.41, 5.74) is 0. The molecule has 0 rings (SSSR count). The summed E-state index contributed by atoms with van der Waals surface area (Å²) in [6.45, 7) is 4.90. The first-order chi connectivity index (χ1) is 41.6. The maximum atomic E-state index is 12.9. The Balaban J connectivity index is 4.06. The third-order valence-corrected chi connectivity index (χ3v) is 16.2. The highest BCUT2D eigenvalue weighted by Gasteiger charge is 2.25. The maximum absolute atomic E-state index is 12.9. The van der Waals surface area contributed by atoms with Gasteiger partial charge in [0.2, 0.25) is 0 Å². The van der Waals surface area contributed by atoms with Gasteiger partial charge >= 0.3 is 17.9 Å². The van der Waals surface area contributed by atoms with Crippen molar-refractivity contribution in [3.63, 3.8) is 0 Å². The quantitative estimate of drug-likeness (QED) is 0.0211. The van der Waals surface area contributed by atoms with E-state index < -0.39 is 24.3 Å². The van der Waals surface area contributed by atoms with Gasteiger partial charge < -0.3 is 28.5 Å². The van der Waals surface area contributed by atoms with E-state index in [1.807, 2.05) is 21.1 Å². The lowest BCUT2D eigenvalue weighted by Crippen LogP contribution is -2.40. The number of carbonyl (C=O) groups is 3. The number of hydrogen-bond donors (Lipinski definition) is 1. The summed E-state index contributed by atoms with van der Waals surface area (Å²) in [6, 6.07) is 0. The first-order valence-electron chi connectivity index (χ1n) is 36.5. The zero-order valence-electron chi connectivity index (χ0n) is 56.8. The highest BCUT2D eigenvalue weighted by molar-refractivity contribution is 5.71. The molecular formula is C76H140NO8+. The van der Waals surface area contributed by atoms with Gasteiger partial charge in [-0.25, -0.2) is 4.79 Å². The second-order valence-electron chi connectivity index (χ2n) is 25.9. The normalized spacial score (nSPS) is 13.0. The SMILES string of the molecule is CCCCCCC/C=C\C/C=C\C/C=C\CCCCCCCCCCCCCCC(=O)OC(COC(=O)CCCCCCCCCCCCCCCCCCCCCCC/C=C\C/C=C\CCCCCCC)COC(OCC[N+](C)(C)C)C(=O)O. The number of allylic oxidation sites excluding steroid dienone is 10. The highest BCUT2D eigenvalue weighted by atomic mass is 16.7. The summed E-state index contributed by atoms with van der Waals surface area (Å²) in [5, 5.41) is 9.75. The average Bonchev–Trinajstić information content (AvgIpc) is 3.48. The number of quaternary nitrogens is 1. The largest absolute Gasteiger partial charge is 0.477 e. The predicted molar refractivity (Wildman–Crippen MR) is 364 cm³/mol. The second kappa shape index (κ2) is 66.9. The molecule has 85 heavy (non-hydrogen) atoms. The van der Waals surface area contributed by atoms with Crippen molar-refractivity contribution in [2.45, 2.75) is 360 Å². The number of nitrogens with zero attached hydrogens (tertiary/aromatic N) is 1. The van der Waals surface area contributed by atoms with Crippen LogP contribution in [0.2, 0.25) is 0 Å². The molecule has 0 saturated heterocycles. The number of esters is 2. The molecule has 2 unspecified atom stereocenters. The molecule has 0 aromatic rings. The molecule has 0 spiro atoms. The number of rotatable bonds is 68. The monoisotopic (exact) mass is 1200 g/mol. The molecule has 2 atom stereocenters. The van der Waals surface area contributed by atoms with Gasteiger partial charge in [-0.2, -0.15) is 0 Å². The fourth-order valence-corrected chi connectivity index (χ4v) is 10.6. The van der Waals surface area contributed by atoms with Crippen molar-refractivity contribution >= 4 is 17.9 Å². The van der Waals surface area contributed by atoms with Gasteiger partial charge in [0.1, 0.15) is 13.2 Å². The predicted octanol–water partition coefficient (Wildman–Crippen LogP) is 22.7. The van der Waals surface area contributed by atoms with Crippen molar-refractivity contribution < 1.29 is 42.9 Å². The van der Waals surface area contributed by atoms with Crippen molar-refractivity contribution in [3.05, 3.63) is 60.8 Å². The van der Waals surface area contributed by atoms with Gasteiger partial charge in [-0.1, -0.05) is 312 Å². The fourth-order valence-electron chi connectivity index (χ4n) is 10.6. The fraction of sp³-hybridized carbons (Fsp3) is 0.829.